The molecule has 2 N–H and O–H groups in total. The van der Waals surface area contributed by atoms with E-state index in [1.54, 1.807) is 12.1 Å². The number of ether oxygens (including phenoxy) is 1. The van der Waals surface area contributed by atoms with Crippen molar-refractivity contribution in [3.63, 3.8) is 0 Å². The summed E-state index contributed by atoms with van der Waals surface area (Å²) < 4.78 is 41.0. The molecule has 2 atom stereocenters. The number of rotatable bonds is 1. The zero-order valence-electron chi connectivity index (χ0n) is 11.0. The van der Waals surface area contributed by atoms with E-state index < -0.39 is 18.2 Å². The Labute approximate surface area is 131 Å². The molecule has 0 aromatic heterocycles. The SMILES string of the molecule is Clc1ccccc1Cl.OC(C1CNCCOC1)C(F)(F)F. The largest absolute Gasteiger partial charge is 0.414 e. The van der Waals surface area contributed by atoms with Gasteiger partial charge in [-0.25, -0.2) is 0 Å². The van der Waals surface area contributed by atoms with Crippen molar-refractivity contribution in [2.24, 2.45) is 5.92 Å². The van der Waals surface area contributed by atoms with Gasteiger partial charge in [-0.15, -0.1) is 0 Å². The van der Waals surface area contributed by atoms with Gasteiger partial charge >= 0.3 is 6.18 Å². The average Bonchev–Trinajstić information content (AvgIpc) is 2.70. The van der Waals surface area contributed by atoms with Crippen molar-refractivity contribution in [3.8, 4) is 0 Å². The molecule has 1 aromatic rings. The normalized spacial score (nSPS) is 21.0. The van der Waals surface area contributed by atoms with Gasteiger partial charge in [0.25, 0.3) is 0 Å². The van der Waals surface area contributed by atoms with Gasteiger partial charge in [0.15, 0.2) is 6.10 Å². The predicted molar refractivity (Wildman–Crippen MR) is 75.7 cm³/mol. The Bertz CT molecular complexity index is 403. The van der Waals surface area contributed by atoms with Crippen molar-refractivity contribution < 1.29 is 23.0 Å². The summed E-state index contributed by atoms with van der Waals surface area (Å²) >= 11 is 11.2. The van der Waals surface area contributed by atoms with Crippen LogP contribution >= 0.6 is 23.2 Å². The Hall–Kier alpha value is -0.530. The fraction of sp³-hybridized carbons (Fsp3) is 0.538. The van der Waals surface area contributed by atoms with Gasteiger partial charge in [0.05, 0.1) is 23.3 Å². The van der Waals surface area contributed by atoms with Crippen LogP contribution in [-0.4, -0.2) is 43.7 Å². The molecule has 0 spiro atoms. The van der Waals surface area contributed by atoms with Crippen LogP contribution in [0.3, 0.4) is 0 Å². The van der Waals surface area contributed by atoms with Crippen LogP contribution < -0.4 is 5.32 Å². The molecule has 8 heteroatoms. The minimum absolute atomic E-state index is 0.0479. The third-order valence-electron chi connectivity index (χ3n) is 2.77. The number of aliphatic hydroxyl groups is 1. The maximum atomic E-state index is 12.0. The van der Waals surface area contributed by atoms with E-state index in [0.717, 1.165) is 0 Å². The lowest BCUT2D eigenvalue weighted by Gasteiger charge is -2.22. The number of hydrogen-bond acceptors (Lipinski definition) is 3. The van der Waals surface area contributed by atoms with Crippen molar-refractivity contribution in [2.45, 2.75) is 12.3 Å². The first kappa shape index (κ1) is 18.5. The molecule has 1 saturated heterocycles. The summed E-state index contributed by atoms with van der Waals surface area (Å²) in [6, 6.07) is 7.19. The number of aliphatic hydroxyl groups excluding tert-OH is 1. The lowest BCUT2D eigenvalue weighted by Crippen LogP contribution is -2.41. The summed E-state index contributed by atoms with van der Waals surface area (Å²) in [6.45, 7) is 1.01. The van der Waals surface area contributed by atoms with Crippen molar-refractivity contribution in [3.05, 3.63) is 34.3 Å². The highest BCUT2D eigenvalue weighted by Gasteiger charge is 2.43. The fourth-order valence-electron chi connectivity index (χ4n) is 1.63. The van der Waals surface area contributed by atoms with E-state index >= 15 is 0 Å². The number of hydrogen-bond donors (Lipinski definition) is 2. The molecule has 2 rings (SSSR count). The number of nitrogens with one attached hydrogen (secondary N) is 1. The van der Waals surface area contributed by atoms with Gasteiger partial charge in [-0.1, -0.05) is 35.3 Å². The Balaban J connectivity index is 0.000000235. The zero-order valence-corrected chi connectivity index (χ0v) is 12.5. The molecule has 0 aliphatic carbocycles. The smallest absolute Gasteiger partial charge is 0.383 e. The van der Waals surface area contributed by atoms with Crippen LogP contribution in [0.25, 0.3) is 0 Å². The van der Waals surface area contributed by atoms with Crippen LogP contribution in [0.5, 0.6) is 0 Å². The monoisotopic (exact) mass is 345 g/mol. The summed E-state index contributed by atoms with van der Waals surface area (Å²) in [6.07, 6.45) is -6.85. The zero-order chi connectivity index (χ0) is 15.9. The standard InChI is InChI=1S/C7H12F3NO2.C6H4Cl2/c8-7(9,10)6(12)5-3-11-1-2-13-4-5;7-5-3-1-2-4-6(5)8/h5-6,11-12H,1-4H2;1-4H. The van der Waals surface area contributed by atoms with Crippen LogP contribution in [0.1, 0.15) is 0 Å². The lowest BCUT2D eigenvalue weighted by molar-refractivity contribution is -0.222. The van der Waals surface area contributed by atoms with Crippen LogP contribution in [0.15, 0.2) is 24.3 Å². The highest BCUT2D eigenvalue weighted by Crippen LogP contribution is 2.26. The Kier molecular flexibility index (Phi) is 7.76. The molecule has 0 bridgehead atoms. The lowest BCUT2D eigenvalue weighted by atomic mass is 10.0. The van der Waals surface area contributed by atoms with Gasteiger partial charge in [-0.3, -0.25) is 0 Å². The molecule has 0 saturated carbocycles. The molecule has 1 heterocycles. The van der Waals surface area contributed by atoms with E-state index in [1.807, 2.05) is 12.1 Å². The summed E-state index contributed by atoms with van der Waals surface area (Å²) in [5.41, 5.74) is 0. The van der Waals surface area contributed by atoms with E-state index in [1.165, 1.54) is 0 Å². The minimum atomic E-state index is -4.56. The van der Waals surface area contributed by atoms with Crippen LogP contribution in [0.4, 0.5) is 13.2 Å². The molecule has 1 aliphatic rings. The van der Waals surface area contributed by atoms with Crippen LogP contribution in [-0.2, 0) is 4.74 Å². The first-order valence-corrected chi connectivity index (χ1v) is 7.01. The summed E-state index contributed by atoms with van der Waals surface area (Å²) in [7, 11) is 0. The van der Waals surface area contributed by atoms with E-state index in [9.17, 15) is 13.2 Å². The maximum absolute atomic E-state index is 12.0. The molecule has 21 heavy (non-hydrogen) atoms. The summed E-state index contributed by atoms with van der Waals surface area (Å²) in [4.78, 5) is 0. The van der Waals surface area contributed by atoms with Gasteiger partial charge in [0.1, 0.15) is 0 Å². The number of benzene rings is 1. The van der Waals surface area contributed by atoms with Crippen molar-refractivity contribution in [1.82, 2.24) is 5.32 Å². The second kappa shape index (κ2) is 8.80. The highest BCUT2D eigenvalue weighted by atomic mass is 35.5. The molecular formula is C13H16Cl2F3NO2. The summed E-state index contributed by atoms with van der Waals surface area (Å²) in [5, 5.41) is 12.9. The quantitative estimate of drug-likeness (QED) is 0.821. The molecular weight excluding hydrogens is 330 g/mol. The number of halogens is 5. The van der Waals surface area contributed by atoms with E-state index in [2.05, 4.69) is 5.32 Å². The van der Waals surface area contributed by atoms with Gasteiger partial charge in [0, 0.05) is 19.0 Å². The predicted octanol–water partition coefficient (Wildman–Crippen LogP) is 3.14. The molecule has 0 radical (unpaired) electrons. The maximum Gasteiger partial charge on any atom is 0.414 e. The molecule has 1 aliphatic heterocycles. The minimum Gasteiger partial charge on any atom is -0.383 e. The molecule has 3 nitrogen and oxygen atoms in total. The molecule has 120 valence electrons. The molecule has 2 unspecified atom stereocenters. The van der Waals surface area contributed by atoms with Crippen molar-refractivity contribution in [2.75, 3.05) is 26.3 Å². The average molecular weight is 346 g/mol. The van der Waals surface area contributed by atoms with Crippen molar-refractivity contribution >= 4 is 23.2 Å². The third-order valence-corrected chi connectivity index (χ3v) is 3.52. The highest BCUT2D eigenvalue weighted by molar-refractivity contribution is 6.41. The third kappa shape index (κ3) is 6.84. The van der Waals surface area contributed by atoms with E-state index in [-0.39, 0.29) is 13.2 Å². The van der Waals surface area contributed by atoms with Crippen LogP contribution in [0.2, 0.25) is 10.0 Å². The van der Waals surface area contributed by atoms with Gasteiger partial charge < -0.3 is 15.2 Å². The number of alkyl halides is 3. The van der Waals surface area contributed by atoms with E-state index in [4.69, 9.17) is 33.0 Å². The Morgan fingerprint density at radius 2 is 1.81 bits per heavy atom. The summed E-state index contributed by atoms with van der Waals surface area (Å²) in [5.74, 6) is -0.900. The fourth-order valence-corrected chi connectivity index (χ4v) is 1.91. The second-order valence-electron chi connectivity index (χ2n) is 4.44. The Morgan fingerprint density at radius 1 is 1.24 bits per heavy atom. The molecule has 1 aromatic carbocycles. The first-order valence-electron chi connectivity index (χ1n) is 6.25. The van der Waals surface area contributed by atoms with Crippen LogP contribution in [0, 0.1) is 5.92 Å². The molecule has 0 amide bonds. The van der Waals surface area contributed by atoms with Crippen molar-refractivity contribution in [1.29, 1.82) is 0 Å². The van der Waals surface area contributed by atoms with Gasteiger partial charge in [0.2, 0.25) is 0 Å². The van der Waals surface area contributed by atoms with E-state index in [0.29, 0.717) is 23.2 Å². The first-order chi connectivity index (χ1) is 9.82. The Morgan fingerprint density at radius 3 is 2.29 bits per heavy atom. The topological polar surface area (TPSA) is 41.5 Å². The second-order valence-corrected chi connectivity index (χ2v) is 5.25. The van der Waals surface area contributed by atoms with Gasteiger partial charge in [-0.2, -0.15) is 13.2 Å². The molecule has 1 fully saturated rings. The van der Waals surface area contributed by atoms with Gasteiger partial charge in [-0.05, 0) is 12.1 Å².